The molecule has 18 heavy (non-hydrogen) atoms. The molecule has 3 atom stereocenters. The summed E-state index contributed by atoms with van der Waals surface area (Å²) < 4.78 is 0. The van der Waals surface area contributed by atoms with Gasteiger partial charge in [-0.1, -0.05) is 30.3 Å². The van der Waals surface area contributed by atoms with Crippen molar-refractivity contribution >= 4 is 11.3 Å². The molecule has 3 unspecified atom stereocenters. The van der Waals surface area contributed by atoms with Crippen LogP contribution in [0, 0.1) is 19.8 Å². The maximum absolute atomic E-state index is 6.41. The minimum atomic E-state index is 0.154. The van der Waals surface area contributed by atoms with Crippen LogP contribution < -0.4 is 5.73 Å². The van der Waals surface area contributed by atoms with Crippen molar-refractivity contribution in [2.24, 2.45) is 11.7 Å². The number of thiazole rings is 1. The Kier molecular flexibility index (Phi) is 2.96. The summed E-state index contributed by atoms with van der Waals surface area (Å²) in [6.45, 7) is 4.12. The van der Waals surface area contributed by atoms with E-state index in [2.05, 4.69) is 49.2 Å². The van der Waals surface area contributed by atoms with E-state index in [4.69, 9.17) is 5.73 Å². The summed E-state index contributed by atoms with van der Waals surface area (Å²) in [6, 6.07) is 10.9. The van der Waals surface area contributed by atoms with Crippen molar-refractivity contribution in [3.05, 3.63) is 51.5 Å². The van der Waals surface area contributed by atoms with Gasteiger partial charge in [0.05, 0.1) is 10.7 Å². The molecule has 0 bridgehead atoms. The van der Waals surface area contributed by atoms with Gasteiger partial charge in [-0.25, -0.2) is 4.98 Å². The Morgan fingerprint density at radius 1 is 1.28 bits per heavy atom. The molecular formula is C15H18N2S. The van der Waals surface area contributed by atoms with Crippen molar-refractivity contribution < 1.29 is 0 Å². The summed E-state index contributed by atoms with van der Waals surface area (Å²) in [5.41, 5.74) is 8.95. The van der Waals surface area contributed by atoms with Gasteiger partial charge in [-0.2, -0.15) is 0 Å². The first kappa shape index (κ1) is 11.9. The third-order valence-corrected chi connectivity index (χ3v) is 4.95. The lowest BCUT2D eigenvalue weighted by Crippen LogP contribution is -2.13. The zero-order valence-corrected chi connectivity index (χ0v) is 11.6. The first-order valence-electron chi connectivity index (χ1n) is 6.41. The molecule has 0 spiro atoms. The second-order valence-electron chi connectivity index (χ2n) is 5.13. The summed E-state index contributed by atoms with van der Waals surface area (Å²) in [5, 5.41) is 1.12. The molecule has 1 saturated carbocycles. The fraction of sp³-hybridized carbons (Fsp3) is 0.400. The molecule has 2 nitrogen and oxygen atoms in total. The van der Waals surface area contributed by atoms with Gasteiger partial charge in [0, 0.05) is 10.9 Å². The van der Waals surface area contributed by atoms with E-state index in [0.717, 1.165) is 10.7 Å². The van der Waals surface area contributed by atoms with Gasteiger partial charge < -0.3 is 5.73 Å². The number of nitrogens with zero attached hydrogens (tertiary/aromatic N) is 1. The first-order chi connectivity index (χ1) is 8.66. The second-order valence-corrected chi connectivity index (χ2v) is 6.36. The van der Waals surface area contributed by atoms with Crippen LogP contribution in [-0.4, -0.2) is 4.98 Å². The van der Waals surface area contributed by atoms with E-state index in [1.165, 1.54) is 16.9 Å². The largest absolute Gasteiger partial charge is 0.323 e. The highest BCUT2D eigenvalue weighted by Crippen LogP contribution is 2.54. The Morgan fingerprint density at radius 2 is 2.00 bits per heavy atom. The third-order valence-electron chi connectivity index (χ3n) is 3.77. The molecule has 0 amide bonds. The SMILES string of the molecule is Cc1nc(C)c(C(N)C2CC2c2ccccc2)s1. The summed E-state index contributed by atoms with van der Waals surface area (Å²) in [7, 11) is 0. The van der Waals surface area contributed by atoms with Gasteiger partial charge in [-0.3, -0.25) is 0 Å². The zero-order valence-electron chi connectivity index (χ0n) is 10.8. The fourth-order valence-corrected chi connectivity index (χ4v) is 3.75. The summed E-state index contributed by atoms with van der Waals surface area (Å²) in [5.74, 6) is 1.23. The Labute approximate surface area is 112 Å². The van der Waals surface area contributed by atoms with Crippen LogP contribution in [0.5, 0.6) is 0 Å². The standard InChI is InChI=1S/C15H18N2S/c1-9-15(18-10(2)17-9)14(16)13-8-12(13)11-6-4-3-5-7-11/h3-7,12-14H,8,16H2,1-2H3. The zero-order chi connectivity index (χ0) is 12.7. The van der Waals surface area contributed by atoms with Gasteiger partial charge in [0.1, 0.15) is 0 Å². The minimum Gasteiger partial charge on any atom is -0.323 e. The number of hydrogen-bond donors (Lipinski definition) is 1. The molecule has 0 radical (unpaired) electrons. The summed E-state index contributed by atoms with van der Waals surface area (Å²) in [4.78, 5) is 5.75. The van der Waals surface area contributed by atoms with Crippen molar-refractivity contribution in [1.82, 2.24) is 4.98 Å². The molecular weight excluding hydrogens is 240 g/mol. The molecule has 2 aromatic rings. The molecule has 3 rings (SSSR count). The van der Waals surface area contributed by atoms with Gasteiger partial charge in [0.2, 0.25) is 0 Å². The molecule has 1 fully saturated rings. The first-order valence-corrected chi connectivity index (χ1v) is 7.23. The predicted octanol–water partition coefficient (Wildman–Crippen LogP) is 3.56. The number of aromatic nitrogens is 1. The number of aryl methyl sites for hydroxylation is 2. The lowest BCUT2D eigenvalue weighted by molar-refractivity contribution is 0.621. The molecule has 1 aliphatic carbocycles. The smallest absolute Gasteiger partial charge is 0.0900 e. The van der Waals surface area contributed by atoms with Crippen LogP contribution in [0.2, 0.25) is 0 Å². The predicted molar refractivity (Wildman–Crippen MR) is 75.8 cm³/mol. The van der Waals surface area contributed by atoms with Crippen molar-refractivity contribution in [2.75, 3.05) is 0 Å². The quantitative estimate of drug-likeness (QED) is 0.914. The van der Waals surface area contributed by atoms with Gasteiger partial charge in [0.15, 0.2) is 0 Å². The highest BCUT2D eigenvalue weighted by Gasteiger charge is 2.43. The van der Waals surface area contributed by atoms with Crippen LogP contribution in [0.1, 0.15) is 39.5 Å². The Morgan fingerprint density at radius 3 is 2.61 bits per heavy atom. The Balaban J connectivity index is 1.77. The van der Waals surface area contributed by atoms with E-state index in [0.29, 0.717) is 11.8 Å². The number of benzene rings is 1. The summed E-state index contributed by atoms with van der Waals surface area (Å²) in [6.07, 6.45) is 1.21. The topological polar surface area (TPSA) is 38.9 Å². The van der Waals surface area contributed by atoms with Crippen molar-refractivity contribution in [3.8, 4) is 0 Å². The van der Waals surface area contributed by atoms with Crippen molar-refractivity contribution in [2.45, 2.75) is 32.2 Å². The Bertz CT molecular complexity index is 547. The van der Waals surface area contributed by atoms with E-state index >= 15 is 0 Å². The Hall–Kier alpha value is -1.19. The van der Waals surface area contributed by atoms with Crippen LogP contribution in [0.15, 0.2) is 30.3 Å². The molecule has 1 aromatic carbocycles. The lowest BCUT2D eigenvalue weighted by Gasteiger charge is -2.10. The van der Waals surface area contributed by atoms with Crippen LogP contribution in [0.25, 0.3) is 0 Å². The summed E-state index contributed by atoms with van der Waals surface area (Å²) >= 11 is 1.75. The second kappa shape index (κ2) is 4.48. The average Bonchev–Trinajstić information content (AvgIpc) is 3.10. The van der Waals surface area contributed by atoms with E-state index in [9.17, 15) is 0 Å². The molecule has 1 heterocycles. The van der Waals surface area contributed by atoms with E-state index in [1.54, 1.807) is 11.3 Å². The van der Waals surface area contributed by atoms with Crippen LogP contribution >= 0.6 is 11.3 Å². The van der Waals surface area contributed by atoms with Gasteiger partial charge in [0.25, 0.3) is 0 Å². The molecule has 0 saturated heterocycles. The minimum absolute atomic E-state index is 0.154. The van der Waals surface area contributed by atoms with Gasteiger partial charge in [-0.15, -0.1) is 11.3 Å². The van der Waals surface area contributed by atoms with E-state index in [-0.39, 0.29) is 6.04 Å². The molecule has 3 heteroatoms. The van der Waals surface area contributed by atoms with Crippen LogP contribution in [0.4, 0.5) is 0 Å². The van der Waals surface area contributed by atoms with Gasteiger partial charge >= 0.3 is 0 Å². The average molecular weight is 258 g/mol. The molecule has 1 aromatic heterocycles. The fourth-order valence-electron chi connectivity index (χ4n) is 2.75. The molecule has 1 aliphatic rings. The number of nitrogens with two attached hydrogens (primary N) is 1. The molecule has 94 valence electrons. The van der Waals surface area contributed by atoms with Crippen LogP contribution in [0.3, 0.4) is 0 Å². The monoisotopic (exact) mass is 258 g/mol. The molecule has 0 aliphatic heterocycles. The van der Waals surface area contributed by atoms with E-state index < -0.39 is 0 Å². The highest BCUT2D eigenvalue weighted by molar-refractivity contribution is 7.11. The number of hydrogen-bond acceptors (Lipinski definition) is 3. The van der Waals surface area contributed by atoms with Gasteiger partial charge in [-0.05, 0) is 37.7 Å². The normalized spacial score (nSPS) is 23.9. The van der Waals surface area contributed by atoms with Crippen LogP contribution in [-0.2, 0) is 0 Å². The maximum atomic E-state index is 6.41. The maximum Gasteiger partial charge on any atom is 0.0900 e. The molecule has 2 N–H and O–H groups in total. The van der Waals surface area contributed by atoms with E-state index in [1.807, 2.05) is 0 Å². The lowest BCUT2D eigenvalue weighted by atomic mass is 10.0. The van der Waals surface area contributed by atoms with Crippen molar-refractivity contribution in [3.63, 3.8) is 0 Å². The highest BCUT2D eigenvalue weighted by atomic mass is 32.1. The number of rotatable bonds is 3. The third kappa shape index (κ3) is 2.08. The van der Waals surface area contributed by atoms with Crippen molar-refractivity contribution in [1.29, 1.82) is 0 Å².